The molecule has 0 aliphatic rings. The van der Waals surface area contributed by atoms with E-state index in [2.05, 4.69) is 5.32 Å². The highest BCUT2D eigenvalue weighted by Crippen LogP contribution is 2.30. The van der Waals surface area contributed by atoms with Gasteiger partial charge in [0.2, 0.25) is 0 Å². The fraction of sp³-hybridized carbons (Fsp3) is 0.188. The summed E-state index contributed by atoms with van der Waals surface area (Å²) in [4.78, 5) is 11.3. The van der Waals surface area contributed by atoms with E-state index in [0.29, 0.717) is 10.7 Å². The first-order valence-corrected chi connectivity index (χ1v) is 7.09. The second-order valence-corrected chi connectivity index (χ2v) is 4.66. The normalized spacial score (nSPS) is 9.73. The van der Waals surface area contributed by atoms with E-state index in [4.69, 9.17) is 17.3 Å². The van der Waals surface area contributed by atoms with E-state index in [9.17, 15) is 13.6 Å². The van der Waals surface area contributed by atoms with Crippen molar-refractivity contribution in [2.24, 2.45) is 5.73 Å². The van der Waals surface area contributed by atoms with Crippen molar-refractivity contribution in [1.29, 1.82) is 0 Å². The molecule has 0 unspecified atom stereocenters. The maximum Gasteiger partial charge on any atom is 0.250 e. The highest BCUT2D eigenvalue weighted by molar-refractivity contribution is 6.33. The van der Waals surface area contributed by atoms with Crippen molar-refractivity contribution in [3.05, 3.63) is 58.1 Å². The molecule has 6 heteroatoms. The molecule has 0 saturated carbocycles. The molecule has 118 valence electrons. The second kappa shape index (κ2) is 7.75. The lowest BCUT2D eigenvalue weighted by Gasteiger charge is -2.13. The molecule has 0 bridgehead atoms. The summed E-state index contributed by atoms with van der Waals surface area (Å²) in [5.41, 5.74) is 5.93. The van der Waals surface area contributed by atoms with Gasteiger partial charge in [-0.15, -0.1) is 0 Å². The fourth-order valence-corrected chi connectivity index (χ4v) is 2.02. The fourth-order valence-electron chi connectivity index (χ4n) is 1.73. The second-order valence-electron chi connectivity index (χ2n) is 4.26. The van der Waals surface area contributed by atoms with Crippen LogP contribution in [0, 0.1) is 18.6 Å². The number of nitrogens with two attached hydrogens (primary N) is 1. The van der Waals surface area contributed by atoms with Crippen LogP contribution in [0.15, 0.2) is 30.3 Å². The highest BCUT2D eigenvalue weighted by Gasteiger charge is 2.18. The molecule has 2 aromatic carbocycles. The summed E-state index contributed by atoms with van der Waals surface area (Å²) >= 11 is 6.01. The van der Waals surface area contributed by atoms with Crippen LogP contribution in [0.25, 0.3) is 0 Å². The molecule has 22 heavy (non-hydrogen) atoms. The molecule has 2 aromatic rings. The number of rotatable bonds is 3. The van der Waals surface area contributed by atoms with Gasteiger partial charge in [-0.3, -0.25) is 4.79 Å². The van der Waals surface area contributed by atoms with Gasteiger partial charge in [0.15, 0.2) is 11.6 Å². The third-order valence-electron chi connectivity index (χ3n) is 2.74. The Balaban J connectivity index is 0.00000116. The summed E-state index contributed by atoms with van der Waals surface area (Å²) < 4.78 is 27.1. The number of carbonyl (C=O) groups is 1. The van der Waals surface area contributed by atoms with Crippen molar-refractivity contribution in [3.63, 3.8) is 0 Å². The lowest BCUT2D eigenvalue weighted by Crippen LogP contribution is -2.15. The van der Waals surface area contributed by atoms with Crippen molar-refractivity contribution in [2.75, 3.05) is 5.32 Å². The van der Waals surface area contributed by atoms with E-state index in [1.165, 1.54) is 0 Å². The van der Waals surface area contributed by atoms with E-state index < -0.39 is 17.5 Å². The third-order valence-corrected chi connectivity index (χ3v) is 3.06. The quantitative estimate of drug-likeness (QED) is 0.851. The number of carbonyl (C=O) groups excluding carboxylic acids is 1. The van der Waals surface area contributed by atoms with Crippen LogP contribution in [0.2, 0.25) is 5.02 Å². The Bertz CT molecular complexity index is 690. The van der Waals surface area contributed by atoms with Gasteiger partial charge < -0.3 is 11.1 Å². The van der Waals surface area contributed by atoms with E-state index in [0.717, 1.165) is 17.7 Å². The molecule has 3 nitrogen and oxygen atoms in total. The summed E-state index contributed by atoms with van der Waals surface area (Å²) in [6, 6.07) is 6.97. The smallest absolute Gasteiger partial charge is 0.250 e. The van der Waals surface area contributed by atoms with Gasteiger partial charge in [0.1, 0.15) is 0 Å². The van der Waals surface area contributed by atoms with Crippen LogP contribution >= 0.6 is 11.6 Å². The zero-order chi connectivity index (χ0) is 16.9. The van der Waals surface area contributed by atoms with E-state index >= 15 is 0 Å². The minimum absolute atomic E-state index is 0.152. The first-order chi connectivity index (χ1) is 10.4. The van der Waals surface area contributed by atoms with Crippen molar-refractivity contribution < 1.29 is 13.6 Å². The number of halogens is 3. The topological polar surface area (TPSA) is 55.1 Å². The van der Waals surface area contributed by atoms with Gasteiger partial charge >= 0.3 is 0 Å². The first-order valence-electron chi connectivity index (χ1n) is 6.71. The number of nitrogens with one attached hydrogen (secondary N) is 1. The summed E-state index contributed by atoms with van der Waals surface area (Å²) in [7, 11) is 0. The van der Waals surface area contributed by atoms with Gasteiger partial charge in [0.25, 0.3) is 5.91 Å². The Hall–Kier alpha value is -2.14. The SMILES string of the molecule is CC.Cc1ccc(Nc2c(C(N)=O)ccc(F)c2F)c(Cl)c1. The molecule has 3 N–H and O–H groups in total. The van der Waals surface area contributed by atoms with Crippen LogP contribution < -0.4 is 11.1 Å². The van der Waals surface area contributed by atoms with Crippen LogP contribution in [0.5, 0.6) is 0 Å². The number of benzene rings is 2. The van der Waals surface area contributed by atoms with Gasteiger partial charge in [-0.1, -0.05) is 31.5 Å². The summed E-state index contributed by atoms with van der Waals surface area (Å²) in [5, 5.41) is 2.93. The third kappa shape index (κ3) is 3.95. The van der Waals surface area contributed by atoms with Crippen molar-refractivity contribution in [2.45, 2.75) is 20.8 Å². The molecule has 0 fully saturated rings. The van der Waals surface area contributed by atoms with Crippen LogP contribution in [-0.2, 0) is 0 Å². The Labute approximate surface area is 133 Å². The Morgan fingerprint density at radius 1 is 1.18 bits per heavy atom. The average Bonchev–Trinajstić information content (AvgIpc) is 2.48. The molecular formula is C16H17ClF2N2O. The van der Waals surface area contributed by atoms with E-state index in [1.807, 2.05) is 20.8 Å². The minimum Gasteiger partial charge on any atom is -0.366 e. The molecule has 0 aliphatic heterocycles. The summed E-state index contributed by atoms with van der Waals surface area (Å²) in [6.45, 7) is 5.84. The average molecular weight is 327 g/mol. The predicted molar refractivity (Wildman–Crippen MR) is 85.7 cm³/mol. The summed E-state index contributed by atoms with van der Waals surface area (Å²) in [5.74, 6) is -3.13. The maximum atomic E-state index is 13.8. The number of hydrogen-bond donors (Lipinski definition) is 2. The van der Waals surface area contributed by atoms with Gasteiger partial charge in [0.05, 0.1) is 22.0 Å². The van der Waals surface area contributed by atoms with Gasteiger partial charge in [-0.25, -0.2) is 8.78 Å². The molecule has 0 saturated heterocycles. The summed E-state index contributed by atoms with van der Waals surface area (Å²) in [6.07, 6.45) is 0. The van der Waals surface area contributed by atoms with E-state index in [1.54, 1.807) is 18.2 Å². The Kier molecular flexibility index (Phi) is 6.31. The van der Waals surface area contributed by atoms with Crippen molar-refractivity contribution in [3.8, 4) is 0 Å². The molecule has 0 heterocycles. The van der Waals surface area contributed by atoms with Crippen LogP contribution in [-0.4, -0.2) is 5.91 Å². The molecule has 0 atom stereocenters. The standard InChI is InChI=1S/C14H11ClF2N2O.C2H6/c1-7-2-5-11(9(15)6-7)19-13-8(14(18)20)3-4-10(16)12(13)17;1-2/h2-6,19H,1H3,(H2,18,20);1-2H3. The van der Waals surface area contributed by atoms with Gasteiger partial charge in [-0.05, 0) is 36.8 Å². The van der Waals surface area contributed by atoms with Crippen LogP contribution in [0.3, 0.4) is 0 Å². The van der Waals surface area contributed by atoms with Crippen molar-refractivity contribution in [1.82, 2.24) is 0 Å². The largest absolute Gasteiger partial charge is 0.366 e. The number of aryl methyl sites for hydroxylation is 1. The number of hydrogen-bond acceptors (Lipinski definition) is 2. The van der Waals surface area contributed by atoms with Gasteiger partial charge in [0, 0.05) is 0 Å². The van der Waals surface area contributed by atoms with Gasteiger partial charge in [-0.2, -0.15) is 0 Å². The minimum atomic E-state index is -1.18. The highest BCUT2D eigenvalue weighted by atomic mass is 35.5. The number of primary amides is 1. The van der Waals surface area contributed by atoms with Crippen LogP contribution in [0.4, 0.5) is 20.2 Å². The molecule has 1 amide bonds. The lowest BCUT2D eigenvalue weighted by molar-refractivity contribution is 0.100. The Morgan fingerprint density at radius 2 is 1.82 bits per heavy atom. The lowest BCUT2D eigenvalue weighted by atomic mass is 10.1. The molecule has 0 spiro atoms. The molecule has 2 rings (SSSR count). The Morgan fingerprint density at radius 3 is 2.36 bits per heavy atom. The van der Waals surface area contributed by atoms with E-state index in [-0.39, 0.29) is 11.3 Å². The molecule has 0 radical (unpaired) electrons. The van der Waals surface area contributed by atoms with Crippen LogP contribution in [0.1, 0.15) is 29.8 Å². The van der Waals surface area contributed by atoms with Crippen molar-refractivity contribution >= 4 is 28.9 Å². The molecule has 0 aliphatic carbocycles. The monoisotopic (exact) mass is 326 g/mol. The zero-order valence-electron chi connectivity index (χ0n) is 12.5. The first kappa shape index (κ1) is 17.9. The predicted octanol–water partition coefficient (Wildman–Crippen LogP) is 4.80. The number of amides is 1. The maximum absolute atomic E-state index is 13.8. The molecule has 0 aromatic heterocycles. The molecular weight excluding hydrogens is 310 g/mol. The zero-order valence-corrected chi connectivity index (χ0v) is 13.3. The number of anilines is 2.